The molecule has 2 N–H and O–H groups in total. The number of phenols is 1. The van der Waals surface area contributed by atoms with Gasteiger partial charge in [0.25, 0.3) is 0 Å². The van der Waals surface area contributed by atoms with E-state index in [1.54, 1.807) is 0 Å². The molecule has 1 aromatic carbocycles. The van der Waals surface area contributed by atoms with E-state index in [9.17, 15) is 9.50 Å². The van der Waals surface area contributed by atoms with Gasteiger partial charge in [0.1, 0.15) is 11.6 Å². The first kappa shape index (κ1) is 8.24. The highest BCUT2D eigenvalue weighted by Gasteiger charge is 2.35. The van der Waals surface area contributed by atoms with Crippen LogP contribution in [0, 0.1) is 5.82 Å². The van der Waals surface area contributed by atoms with Crippen LogP contribution in [0.1, 0.15) is 30.0 Å². The monoisotopic (exact) mass is 193 g/mol. The van der Waals surface area contributed by atoms with Gasteiger partial charge >= 0.3 is 0 Å². The number of phenolic OH excluding ortho intramolecular Hbond substituents is 1. The summed E-state index contributed by atoms with van der Waals surface area (Å²) in [5.41, 5.74) is 1.51. The molecule has 1 fully saturated rings. The van der Waals surface area contributed by atoms with Crippen LogP contribution >= 0.6 is 0 Å². The summed E-state index contributed by atoms with van der Waals surface area (Å²) in [6.45, 7) is 0. The molecule has 0 radical (unpaired) electrons. The van der Waals surface area contributed by atoms with E-state index >= 15 is 0 Å². The summed E-state index contributed by atoms with van der Waals surface area (Å²) in [5, 5.41) is 13.1. The van der Waals surface area contributed by atoms with E-state index in [0.717, 1.165) is 24.0 Å². The Hall–Kier alpha value is -1.09. The smallest absolute Gasteiger partial charge is 0.127 e. The van der Waals surface area contributed by atoms with Crippen molar-refractivity contribution in [3.05, 3.63) is 29.1 Å². The maximum atomic E-state index is 13.5. The molecular weight excluding hydrogens is 181 g/mol. The van der Waals surface area contributed by atoms with Crippen molar-refractivity contribution < 1.29 is 9.50 Å². The Balaban J connectivity index is 2.21. The molecule has 1 saturated heterocycles. The van der Waals surface area contributed by atoms with E-state index in [2.05, 4.69) is 5.32 Å². The first-order valence-corrected chi connectivity index (χ1v) is 5.02. The number of fused-ring (bicyclic) bond motifs is 4. The highest BCUT2D eigenvalue weighted by molar-refractivity contribution is 5.45. The zero-order valence-electron chi connectivity index (χ0n) is 7.76. The van der Waals surface area contributed by atoms with Gasteiger partial charge in [0.05, 0.1) is 0 Å². The average molecular weight is 193 g/mol. The summed E-state index contributed by atoms with van der Waals surface area (Å²) >= 11 is 0. The fourth-order valence-electron chi connectivity index (χ4n) is 2.68. The van der Waals surface area contributed by atoms with E-state index < -0.39 is 0 Å². The second kappa shape index (κ2) is 2.70. The largest absolute Gasteiger partial charge is 0.508 e. The van der Waals surface area contributed by atoms with Crippen molar-refractivity contribution in [2.45, 2.75) is 31.3 Å². The minimum absolute atomic E-state index is 0.166. The standard InChI is InChI=1S/C11H12FNO/c12-8-2-4-10(14)11-7(8)5-6-1-3-9(11)13-6/h2,4,6,9,13-14H,1,3,5H2/t6-,9+/m0/s1. The van der Waals surface area contributed by atoms with Gasteiger partial charge in [-0.3, -0.25) is 0 Å². The number of benzene rings is 1. The summed E-state index contributed by atoms with van der Waals surface area (Å²) in [6.07, 6.45) is 2.80. The summed E-state index contributed by atoms with van der Waals surface area (Å²) in [6, 6.07) is 3.39. The predicted molar refractivity (Wildman–Crippen MR) is 50.7 cm³/mol. The van der Waals surface area contributed by atoms with Gasteiger partial charge in [-0.25, -0.2) is 4.39 Å². The molecule has 0 amide bonds. The second-order valence-corrected chi connectivity index (χ2v) is 4.16. The Morgan fingerprint density at radius 1 is 1.36 bits per heavy atom. The van der Waals surface area contributed by atoms with Gasteiger partial charge in [-0.05, 0) is 37.0 Å². The highest BCUT2D eigenvalue weighted by atomic mass is 19.1. The lowest BCUT2D eigenvalue weighted by Gasteiger charge is -2.25. The Kier molecular flexibility index (Phi) is 1.59. The number of halogens is 1. The van der Waals surface area contributed by atoms with Crippen LogP contribution < -0.4 is 5.32 Å². The minimum Gasteiger partial charge on any atom is -0.508 e. The number of aromatic hydroxyl groups is 1. The molecule has 2 bridgehead atoms. The van der Waals surface area contributed by atoms with E-state index in [0.29, 0.717) is 12.5 Å². The third-order valence-corrected chi connectivity index (χ3v) is 3.32. The molecule has 2 aliphatic heterocycles. The lowest BCUT2D eigenvalue weighted by molar-refractivity contribution is 0.430. The van der Waals surface area contributed by atoms with Crippen molar-refractivity contribution in [3.8, 4) is 5.75 Å². The van der Waals surface area contributed by atoms with Crippen LogP contribution in [0.5, 0.6) is 5.75 Å². The van der Waals surface area contributed by atoms with Gasteiger partial charge in [-0.1, -0.05) is 0 Å². The van der Waals surface area contributed by atoms with Crippen molar-refractivity contribution in [2.75, 3.05) is 0 Å². The van der Waals surface area contributed by atoms with Crippen molar-refractivity contribution in [3.63, 3.8) is 0 Å². The Labute approximate surface area is 81.8 Å². The summed E-state index contributed by atoms with van der Waals surface area (Å²) < 4.78 is 13.5. The minimum atomic E-state index is -0.170. The third kappa shape index (κ3) is 0.989. The van der Waals surface area contributed by atoms with Gasteiger partial charge in [0.2, 0.25) is 0 Å². The molecule has 0 spiro atoms. The van der Waals surface area contributed by atoms with Gasteiger partial charge in [0.15, 0.2) is 0 Å². The van der Waals surface area contributed by atoms with Crippen LogP contribution in [-0.2, 0) is 6.42 Å². The number of rotatable bonds is 0. The van der Waals surface area contributed by atoms with E-state index in [-0.39, 0.29) is 17.6 Å². The van der Waals surface area contributed by atoms with Crippen molar-refractivity contribution in [1.29, 1.82) is 0 Å². The molecule has 1 aromatic rings. The van der Waals surface area contributed by atoms with E-state index in [4.69, 9.17) is 0 Å². The number of nitrogens with one attached hydrogen (secondary N) is 1. The number of hydrogen-bond acceptors (Lipinski definition) is 2. The third-order valence-electron chi connectivity index (χ3n) is 3.32. The van der Waals surface area contributed by atoms with E-state index in [1.807, 2.05) is 0 Å². The summed E-state index contributed by atoms with van der Waals surface area (Å²) in [5.74, 6) is 0.0652. The van der Waals surface area contributed by atoms with Crippen LogP contribution in [0.4, 0.5) is 4.39 Å². The fraction of sp³-hybridized carbons (Fsp3) is 0.455. The normalized spacial score (nSPS) is 28.9. The van der Waals surface area contributed by atoms with Gasteiger partial charge in [-0.15, -0.1) is 0 Å². The van der Waals surface area contributed by atoms with Crippen LogP contribution in [0.3, 0.4) is 0 Å². The molecule has 3 heteroatoms. The first-order valence-electron chi connectivity index (χ1n) is 5.02. The first-order chi connectivity index (χ1) is 6.75. The quantitative estimate of drug-likeness (QED) is 0.659. The topological polar surface area (TPSA) is 32.3 Å². The number of hydrogen-bond donors (Lipinski definition) is 2. The molecule has 0 aromatic heterocycles. The molecule has 0 saturated carbocycles. The predicted octanol–water partition coefficient (Wildman–Crippen LogP) is 1.88. The maximum absolute atomic E-state index is 13.5. The fourth-order valence-corrected chi connectivity index (χ4v) is 2.68. The molecule has 74 valence electrons. The molecule has 3 rings (SSSR count). The zero-order valence-corrected chi connectivity index (χ0v) is 7.76. The Morgan fingerprint density at radius 2 is 2.21 bits per heavy atom. The summed E-state index contributed by atoms with van der Waals surface area (Å²) in [7, 11) is 0. The van der Waals surface area contributed by atoms with Crippen LogP contribution in [-0.4, -0.2) is 11.1 Å². The van der Waals surface area contributed by atoms with Crippen molar-refractivity contribution in [2.24, 2.45) is 0 Å². The molecule has 14 heavy (non-hydrogen) atoms. The molecule has 0 aliphatic carbocycles. The van der Waals surface area contributed by atoms with Gasteiger partial charge < -0.3 is 10.4 Å². The summed E-state index contributed by atoms with van der Waals surface area (Å²) in [4.78, 5) is 0. The SMILES string of the molecule is Oc1ccc(F)c2c1[C@H]1CC[C@@H](C2)N1. The molecule has 0 unspecified atom stereocenters. The van der Waals surface area contributed by atoms with Gasteiger partial charge in [0, 0.05) is 17.6 Å². The molecule has 2 atom stereocenters. The molecule has 2 heterocycles. The van der Waals surface area contributed by atoms with Crippen LogP contribution in [0.2, 0.25) is 0 Å². The van der Waals surface area contributed by atoms with Crippen molar-refractivity contribution in [1.82, 2.24) is 5.32 Å². The lowest BCUT2D eigenvalue weighted by Crippen LogP contribution is -2.32. The zero-order chi connectivity index (χ0) is 9.71. The van der Waals surface area contributed by atoms with Crippen LogP contribution in [0.15, 0.2) is 12.1 Å². The average Bonchev–Trinajstić information content (AvgIpc) is 2.54. The van der Waals surface area contributed by atoms with Crippen LogP contribution in [0.25, 0.3) is 0 Å². The Morgan fingerprint density at radius 3 is 3.07 bits per heavy atom. The van der Waals surface area contributed by atoms with Gasteiger partial charge in [-0.2, -0.15) is 0 Å². The molecular formula is C11H12FNO. The van der Waals surface area contributed by atoms with Crippen molar-refractivity contribution >= 4 is 0 Å². The second-order valence-electron chi connectivity index (χ2n) is 4.16. The molecule has 2 nitrogen and oxygen atoms in total. The Bertz CT molecular complexity index is 391. The molecule has 2 aliphatic rings. The maximum Gasteiger partial charge on any atom is 0.127 e. The highest BCUT2D eigenvalue weighted by Crippen LogP contribution is 2.41. The van der Waals surface area contributed by atoms with E-state index in [1.165, 1.54) is 12.1 Å². The lowest BCUT2D eigenvalue weighted by atomic mass is 9.94.